The van der Waals surface area contributed by atoms with E-state index in [1.807, 2.05) is 44.4 Å². The van der Waals surface area contributed by atoms with E-state index in [2.05, 4.69) is 26.7 Å². The van der Waals surface area contributed by atoms with Crippen LogP contribution in [0.2, 0.25) is 0 Å². The minimum atomic E-state index is -0.283. The van der Waals surface area contributed by atoms with E-state index >= 15 is 0 Å². The molecule has 0 saturated carbocycles. The van der Waals surface area contributed by atoms with Crippen molar-refractivity contribution in [2.24, 2.45) is 4.99 Å². The van der Waals surface area contributed by atoms with Gasteiger partial charge in [-0.1, -0.05) is 12.1 Å². The van der Waals surface area contributed by atoms with E-state index in [4.69, 9.17) is 4.74 Å². The molecule has 0 saturated heterocycles. The van der Waals surface area contributed by atoms with E-state index in [9.17, 15) is 4.79 Å². The van der Waals surface area contributed by atoms with Crippen LogP contribution in [0, 0.1) is 0 Å². The molecule has 0 aromatic carbocycles. The Morgan fingerprint density at radius 1 is 1.24 bits per heavy atom. The number of nitrogens with zero attached hydrogens (tertiary/aromatic N) is 3. The molecule has 2 N–H and O–H groups in total. The van der Waals surface area contributed by atoms with Crippen LogP contribution in [0.5, 0.6) is 5.88 Å². The van der Waals surface area contributed by atoms with Crippen LogP contribution < -0.4 is 15.4 Å². The summed E-state index contributed by atoms with van der Waals surface area (Å²) in [6.45, 7) is 7.23. The van der Waals surface area contributed by atoms with Crippen LogP contribution in [-0.2, 0) is 17.9 Å². The highest BCUT2D eigenvalue weighted by Gasteiger charge is 2.12. The number of halogens is 1. The number of pyridine rings is 1. The fourth-order valence-electron chi connectivity index (χ4n) is 2.12. The molecule has 0 unspecified atom stereocenters. The lowest BCUT2D eigenvalue weighted by atomic mass is 10.2. The lowest BCUT2D eigenvalue weighted by molar-refractivity contribution is -0.127. The number of amides is 1. The smallest absolute Gasteiger partial charge is 0.241 e. The number of carbonyl (C=O) groups excluding carboxylic acids is 1. The Balaban J connectivity index is 0.00000420. The summed E-state index contributed by atoms with van der Waals surface area (Å²) in [6, 6.07) is 7.85. The maximum Gasteiger partial charge on any atom is 0.241 e. The van der Waals surface area contributed by atoms with Crippen molar-refractivity contribution in [3.63, 3.8) is 0 Å². The minimum Gasteiger partial charge on any atom is -0.472 e. The molecule has 2 aromatic heterocycles. The number of likely N-dealkylation sites (N-methyl/N-ethyl adjacent to an activating group) is 1. The quantitative estimate of drug-likeness (QED) is 0.326. The van der Waals surface area contributed by atoms with Crippen molar-refractivity contribution < 1.29 is 9.53 Å². The fraction of sp³-hybridized carbons (Fsp3) is 0.450. The van der Waals surface area contributed by atoms with Crippen LogP contribution in [0.25, 0.3) is 0 Å². The van der Waals surface area contributed by atoms with E-state index < -0.39 is 0 Å². The Labute approximate surface area is 194 Å². The number of carbonyl (C=O) groups is 1. The zero-order chi connectivity index (χ0) is 20.6. The number of hydrogen-bond donors (Lipinski definition) is 2. The first-order valence-electron chi connectivity index (χ1n) is 9.11. The third-order valence-corrected chi connectivity index (χ3v) is 4.42. The van der Waals surface area contributed by atoms with Gasteiger partial charge in [-0.3, -0.25) is 4.79 Å². The van der Waals surface area contributed by atoms with Gasteiger partial charge < -0.3 is 20.3 Å². The summed E-state index contributed by atoms with van der Waals surface area (Å²) in [5.41, 5.74) is 0.673. The first-order chi connectivity index (χ1) is 13.2. The van der Waals surface area contributed by atoms with Gasteiger partial charge >= 0.3 is 0 Å². The predicted octanol–water partition coefficient (Wildman–Crippen LogP) is 3.26. The van der Waals surface area contributed by atoms with Crippen molar-refractivity contribution in [3.05, 3.63) is 46.3 Å². The van der Waals surface area contributed by atoms with Crippen molar-refractivity contribution in [2.75, 3.05) is 20.6 Å². The highest BCUT2D eigenvalue weighted by atomic mass is 127. The normalized spacial score (nSPS) is 11.4. The largest absolute Gasteiger partial charge is 0.472 e. The molecular weight excluding hydrogens is 501 g/mol. The molecular formula is C20H30IN5O2S. The molecule has 0 radical (unpaired) electrons. The average molecular weight is 531 g/mol. The third-order valence-electron chi connectivity index (χ3n) is 3.54. The highest BCUT2D eigenvalue weighted by molar-refractivity contribution is 14.0. The number of thiophene rings is 1. The Hall–Kier alpha value is -1.88. The van der Waals surface area contributed by atoms with E-state index in [-0.39, 0.29) is 42.0 Å². The molecule has 0 fully saturated rings. The highest BCUT2D eigenvalue weighted by Crippen LogP contribution is 2.15. The summed E-state index contributed by atoms with van der Waals surface area (Å²) >= 11 is 1.67. The average Bonchev–Trinajstić information content (AvgIpc) is 3.14. The van der Waals surface area contributed by atoms with E-state index in [1.165, 1.54) is 4.88 Å². The monoisotopic (exact) mass is 531 g/mol. The third kappa shape index (κ3) is 9.93. The summed E-state index contributed by atoms with van der Waals surface area (Å²) in [7, 11) is 3.46. The lowest BCUT2D eigenvalue weighted by Crippen LogP contribution is -2.42. The number of nitrogens with one attached hydrogen (secondary N) is 2. The molecule has 0 atom stereocenters. The summed E-state index contributed by atoms with van der Waals surface area (Å²) in [6.07, 6.45) is 1.76. The Morgan fingerprint density at radius 3 is 2.55 bits per heavy atom. The zero-order valence-corrected chi connectivity index (χ0v) is 20.7. The number of guanidine groups is 1. The van der Waals surface area contributed by atoms with Gasteiger partial charge in [-0.25, -0.2) is 9.98 Å². The van der Waals surface area contributed by atoms with Gasteiger partial charge in [-0.05, 0) is 37.8 Å². The fourth-order valence-corrected chi connectivity index (χ4v) is 2.77. The van der Waals surface area contributed by atoms with Gasteiger partial charge in [-0.15, -0.1) is 35.3 Å². The van der Waals surface area contributed by atoms with Gasteiger partial charge in [0.1, 0.15) is 5.60 Å². The van der Waals surface area contributed by atoms with Crippen molar-refractivity contribution >= 4 is 47.2 Å². The van der Waals surface area contributed by atoms with Crippen LogP contribution in [0.15, 0.2) is 40.8 Å². The second-order valence-electron chi connectivity index (χ2n) is 7.46. The van der Waals surface area contributed by atoms with Crippen LogP contribution in [-0.4, -0.2) is 48.0 Å². The van der Waals surface area contributed by atoms with Crippen LogP contribution in [0.4, 0.5) is 0 Å². The molecule has 7 nitrogen and oxygen atoms in total. The summed E-state index contributed by atoms with van der Waals surface area (Å²) in [5, 5.41) is 8.38. The van der Waals surface area contributed by atoms with E-state index in [0.29, 0.717) is 24.9 Å². The van der Waals surface area contributed by atoms with Crippen molar-refractivity contribution in [1.29, 1.82) is 0 Å². The number of hydrogen-bond acceptors (Lipinski definition) is 5. The lowest BCUT2D eigenvalue weighted by Gasteiger charge is -2.20. The molecule has 2 heterocycles. The van der Waals surface area contributed by atoms with Gasteiger partial charge in [0.2, 0.25) is 11.8 Å². The Bertz CT molecular complexity index is 771. The molecule has 160 valence electrons. The van der Waals surface area contributed by atoms with Crippen LogP contribution in [0.1, 0.15) is 31.2 Å². The van der Waals surface area contributed by atoms with Crippen LogP contribution >= 0.6 is 35.3 Å². The number of aliphatic imine (C=N–C) groups is 1. The van der Waals surface area contributed by atoms with Gasteiger partial charge in [0, 0.05) is 31.2 Å². The van der Waals surface area contributed by atoms with E-state index in [0.717, 1.165) is 5.56 Å². The first kappa shape index (κ1) is 25.2. The standard InChI is InChI=1S/C20H29N5O2S.HI/c1-20(2,3)27-17-9-8-15(11-21-17)12-22-19(24-14-18(26)25(4)5)23-13-16-7-6-10-28-16;/h6-11H,12-14H2,1-5H3,(H2,22,23,24);1H. The molecule has 0 bridgehead atoms. The number of rotatable bonds is 7. The molecule has 1 amide bonds. The molecule has 0 spiro atoms. The van der Waals surface area contributed by atoms with E-state index in [1.54, 1.807) is 36.5 Å². The predicted molar refractivity (Wildman–Crippen MR) is 129 cm³/mol. The molecule has 0 aliphatic carbocycles. The maximum absolute atomic E-state index is 11.9. The second-order valence-corrected chi connectivity index (χ2v) is 8.49. The summed E-state index contributed by atoms with van der Waals surface area (Å²) in [4.78, 5) is 23.5. The van der Waals surface area contributed by atoms with Crippen molar-refractivity contribution in [3.8, 4) is 5.88 Å². The molecule has 29 heavy (non-hydrogen) atoms. The zero-order valence-electron chi connectivity index (χ0n) is 17.6. The first-order valence-corrected chi connectivity index (χ1v) is 9.99. The minimum absolute atomic E-state index is 0. The van der Waals surface area contributed by atoms with Crippen LogP contribution in [0.3, 0.4) is 0 Å². The summed E-state index contributed by atoms with van der Waals surface area (Å²) in [5.74, 6) is 1.15. The SMILES string of the molecule is CN(C)C(=O)CNC(=NCc1ccc(OC(C)(C)C)nc1)NCc1cccs1.I. The Morgan fingerprint density at radius 2 is 2.00 bits per heavy atom. The maximum atomic E-state index is 11.9. The van der Waals surface area contributed by atoms with Gasteiger partial charge in [-0.2, -0.15) is 0 Å². The molecule has 2 aromatic rings. The molecule has 9 heteroatoms. The topological polar surface area (TPSA) is 78.9 Å². The second kappa shape index (κ2) is 12.0. The molecule has 0 aliphatic rings. The number of aromatic nitrogens is 1. The van der Waals surface area contributed by atoms with Gasteiger partial charge in [0.05, 0.1) is 19.6 Å². The molecule has 2 rings (SSSR count). The van der Waals surface area contributed by atoms with Gasteiger partial charge in [0.15, 0.2) is 5.96 Å². The van der Waals surface area contributed by atoms with Crippen molar-refractivity contribution in [2.45, 2.75) is 39.5 Å². The van der Waals surface area contributed by atoms with Gasteiger partial charge in [0.25, 0.3) is 0 Å². The summed E-state index contributed by atoms with van der Waals surface area (Å²) < 4.78 is 5.74. The Kier molecular flexibility index (Phi) is 10.4. The van der Waals surface area contributed by atoms with Crippen molar-refractivity contribution in [1.82, 2.24) is 20.5 Å². The number of ether oxygens (including phenoxy) is 1. The molecule has 0 aliphatic heterocycles.